The van der Waals surface area contributed by atoms with Crippen molar-refractivity contribution in [3.63, 3.8) is 0 Å². The molecule has 0 aliphatic carbocycles. The summed E-state index contributed by atoms with van der Waals surface area (Å²) in [5.41, 5.74) is 1.16. The fourth-order valence-corrected chi connectivity index (χ4v) is 4.87. The Kier molecular flexibility index (Phi) is 9.18. The monoisotopic (exact) mass is 571 g/mol. The predicted octanol–water partition coefficient (Wildman–Crippen LogP) is 4.51. The molecule has 0 unspecified atom stereocenters. The maximum absolute atomic E-state index is 13.6. The first-order valence-corrected chi connectivity index (χ1v) is 13.7. The third kappa shape index (κ3) is 7.71. The van der Waals surface area contributed by atoms with Gasteiger partial charge in [-0.3, -0.25) is 13.9 Å². The molecule has 0 spiro atoms. The van der Waals surface area contributed by atoms with Crippen LogP contribution in [-0.2, 0) is 26.2 Å². The van der Waals surface area contributed by atoms with Crippen molar-refractivity contribution in [1.82, 2.24) is 10.2 Å². The Bertz CT molecular complexity index is 1170. The average molecular weight is 573 g/mol. The number of carbonyl (C=O) groups excluding carboxylic acids is 2. The van der Waals surface area contributed by atoms with Crippen LogP contribution in [0.5, 0.6) is 0 Å². The highest BCUT2D eigenvalue weighted by atomic mass is 79.9. The van der Waals surface area contributed by atoms with Crippen LogP contribution in [0.3, 0.4) is 0 Å². The second kappa shape index (κ2) is 11.1. The average Bonchev–Trinajstić information content (AvgIpc) is 2.70. The molecule has 0 saturated carbocycles. The van der Waals surface area contributed by atoms with Gasteiger partial charge in [0.15, 0.2) is 0 Å². The lowest BCUT2D eigenvalue weighted by atomic mass is 10.1. The van der Waals surface area contributed by atoms with Crippen LogP contribution in [0.15, 0.2) is 46.9 Å². The van der Waals surface area contributed by atoms with Gasteiger partial charge in [-0.25, -0.2) is 8.42 Å². The number of halogens is 2. The van der Waals surface area contributed by atoms with Gasteiger partial charge in [0.05, 0.1) is 11.9 Å². The second-order valence-electron chi connectivity index (χ2n) is 9.22. The van der Waals surface area contributed by atoms with Crippen LogP contribution in [0.4, 0.5) is 5.69 Å². The van der Waals surface area contributed by atoms with Crippen molar-refractivity contribution in [3.8, 4) is 0 Å². The molecular formula is C24H31BrClN3O4S. The van der Waals surface area contributed by atoms with Gasteiger partial charge in [-0.2, -0.15) is 0 Å². The van der Waals surface area contributed by atoms with Crippen molar-refractivity contribution in [2.75, 3.05) is 17.1 Å². The highest BCUT2D eigenvalue weighted by Gasteiger charge is 2.32. The third-order valence-electron chi connectivity index (χ3n) is 5.09. The van der Waals surface area contributed by atoms with Crippen molar-refractivity contribution in [1.29, 1.82) is 0 Å². The lowest BCUT2D eigenvalue weighted by molar-refractivity contribution is -0.140. The Labute approximate surface area is 215 Å². The largest absolute Gasteiger partial charge is 0.350 e. The number of anilines is 1. The van der Waals surface area contributed by atoms with Crippen molar-refractivity contribution < 1.29 is 18.0 Å². The summed E-state index contributed by atoms with van der Waals surface area (Å²) in [6.07, 6.45) is 1.04. The maximum Gasteiger partial charge on any atom is 0.244 e. The molecule has 0 bridgehead atoms. The molecule has 2 rings (SSSR count). The topological polar surface area (TPSA) is 86.8 Å². The molecule has 186 valence electrons. The third-order valence-corrected chi connectivity index (χ3v) is 7.12. The molecule has 0 saturated heterocycles. The molecule has 0 heterocycles. The Balaban J connectivity index is 2.45. The molecule has 7 nitrogen and oxygen atoms in total. The van der Waals surface area contributed by atoms with Crippen LogP contribution in [0.2, 0.25) is 5.02 Å². The first-order valence-electron chi connectivity index (χ1n) is 10.7. The van der Waals surface area contributed by atoms with E-state index in [2.05, 4.69) is 21.2 Å². The van der Waals surface area contributed by atoms with Crippen molar-refractivity contribution in [2.24, 2.45) is 0 Å². The summed E-state index contributed by atoms with van der Waals surface area (Å²) in [4.78, 5) is 27.9. The highest BCUT2D eigenvalue weighted by molar-refractivity contribution is 9.10. The van der Waals surface area contributed by atoms with E-state index in [4.69, 9.17) is 11.6 Å². The molecule has 0 aliphatic heterocycles. The SMILES string of the molecule is Cc1c(Cl)cccc1N(CC(=O)N(Cc1cccc(Br)c1)[C@@H](C)C(=O)NC(C)(C)C)S(C)(=O)=O. The molecule has 10 heteroatoms. The summed E-state index contributed by atoms with van der Waals surface area (Å²) >= 11 is 9.63. The number of carbonyl (C=O) groups is 2. The zero-order valence-corrected chi connectivity index (χ0v) is 23.4. The summed E-state index contributed by atoms with van der Waals surface area (Å²) in [5, 5.41) is 3.28. The van der Waals surface area contributed by atoms with Gasteiger partial charge < -0.3 is 10.2 Å². The van der Waals surface area contributed by atoms with E-state index in [-0.39, 0.29) is 12.5 Å². The standard InChI is InChI=1S/C24H31BrClN3O4S/c1-16-20(26)11-8-12-21(16)29(34(6,32)33)15-22(30)28(14-18-9-7-10-19(25)13-18)17(2)23(31)27-24(3,4)5/h7-13,17H,14-15H2,1-6H3,(H,27,31)/t17-/m0/s1. The normalized spacial score (nSPS) is 12.7. The minimum absolute atomic E-state index is 0.128. The Morgan fingerprint density at radius 3 is 2.32 bits per heavy atom. The molecule has 0 aliphatic rings. The van der Waals surface area contributed by atoms with Crippen LogP contribution >= 0.6 is 27.5 Å². The molecule has 2 aromatic carbocycles. The van der Waals surface area contributed by atoms with E-state index in [1.54, 1.807) is 32.0 Å². The van der Waals surface area contributed by atoms with E-state index in [9.17, 15) is 18.0 Å². The first-order chi connectivity index (χ1) is 15.6. The molecule has 1 N–H and O–H groups in total. The molecule has 2 aromatic rings. The molecule has 1 atom stereocenters. The minimum Gasteiger partial charge on any atom is -0.350 e. The van der Waals surface area contributed by atoms with Crippen LogP contribution in [0.1, 0.15) is 38.8 Å². The van der Waals surface area contributed by atoms with Gasteiger partial charge in [0.1, 0.15) is 12.6 Å². The molecule has 2 amide bonds. The van der Waals surface area contributed by atoms with Gasteiger partial charge in [0.25, 0.3) is 0 Å². The zero-order valence-electron chi connectivity index (χ0n) is 20.2. The Hall–Kier alpha value is -2.10. The first kappa shape index (κ1) is 28.1. The quantitative estimate of drug-likeness (QED) is 0.504. The number of benzene rings is 2. The van der Waals surface area contributed by atoms with Gasteiger partial charge >= 0.3 is 0 Å². The molecule has 0 aromatic heterocycles. The summed E-state index contributed by atoms with van der Waals surface area (Å²) < 4.78 is 27.2. The van der Waals surface area contributed by atoms with E-state index in [1.807, 2.05) is 45.0 Å². The molecule has 0 fully saturated rings. The van der Waals surface area contributed by atoms with Crippen LogP contribution in [-0.4, -0.2) is 49.5 Å². The van der Waals surface area contributed by atoms with E-state index in [1.165, 1.54) is 4.90 Å². The van der Waals surface area contributed by atoms with E-state index in [0.29, 0.717) is 16.3 Å². The molecular weight excluding hydrogens is 542 g/mol. The number of sulfonamides is 1. The van der Waals surface area contributed by atoms with Crippen molar-refractivity contribution >= 4 is 55.1 Å². The van der Waals surface area contributed by atoms with Crippen molar-refractivity contribution in [2.45, 2.75) is 52.7 Å². The second-order valence-corrected chi connectivity index (χ2v) is 12.5. The van der Waals surface area contributed by atoms with Gasteiger partial charge in [-0.05, 0) is 70.0 Å². The number of nitrogens with zero attached hydrogens (tertiary/aromatic N) is 2. The van der Waals surface area contributed by atoms with Gasteiger partial charge in [-0.1, -0.05) is 45.7 Å². The number of hydrogen-bond donors (Lipinski definition) is 1. The number of rotatable bonds is 8. The lowest BCUT2D eigenvalue weighted by Gasteiger charge is -2.33. The summed E-state index contributed by atoms with van der Waals surface area (Å²) in [6, 6.07) is 11.4. The summed E-state index contributed by atoms with van der Waals surface area (Å²) in [6.45, 7) is 8.54. The summed E-state index contributed by atoms with van der Waals surface area (Å²) in [7, 11) is -3.82. The number of amides is 2. The predicted molar refractivity (Wildman–Crippen MR) is 140 cm³/mol. The van der Waals surface area contributed by atoms with Crippen LogP contribution in [0.25, 0.3) is 0 Å². The Morgan fingerprint density at radius 2 is 1.76 bits per heavy atom. The van der Waals surface area contributed by atoms with E-state index in [0.717, 1.165) is 20.6 Å². The maximum atomic E-state index is 13.6. The van der Waals surface area contributed by atoms with Crippen LogP contribution in [0, 0.1) is 6.92 Å². The smallest absolute Gasteiger partial charge is 0.244 e. The minimum atomic E-state index is -3.82. The van der Waals surface area contributed by atoms with Crippen LogP contribution < -0.4 is 9.62 Å². The number of hydrogen-bond acceptors (Lipinski definition) is 4. The fraction of sp³-hybridized carbons (Fsp3) is 0.417. The lowest BCUT2D eigenvalue weighted by Crippen LogP contribution is -2.54. The number of nitrogens with one attached hydrogen (secondary N) is 1. The van der Waals surface area contributed by atoms with Crippen molar-refractivity contribution in [3.05, 3.63) is 63.1 Å². The fourth-order valence-electron chi connectivity index (χ4n) is 3.35. The summed E-state index contributed by atoms with van der Waals surface area (Å²) in [5.74, 6) is -0.845. The van der Waals surface area contributed by atoms with E-state index < -0.39 is 34.1 Å². The van der Waals surface area contributed by atoms with Gasteiger partial charge in [0.2, 0.25) is 21.8 Å². The Morgan fingerprint density at radius 1 is 1.15 bits per heavy atom. The highest BCUT2D eigenvalue weighted by Crippen LogP contribution is 2.28. The van der Waals surface area contributed by atoms with Gasteiger partial charge in [0, 0.05) is 21.6 Å². The van der Waals surface area contributed by atoms with Gasteiger partial charge in [-0.15, -0.1) is 0 Å². The molecule has 34 heavy (non-hydrogen) atoms. The van der Waals surface area contributed by atoms with E-state index >= 15 is 0 Å². The zero-order chi connectivity index (χ0) is 25.8. The molecule has 0 radical (unpaired) electrons.